The van der Waals surface area contributed by atoms with Crippen LogP contribution in [0.5, 0.6) is 5.75 Å². The maximum Gasteiger partial charge on any atom is 0.168 e. The van der Waals surface area contributed by atoms with Crippen molar-refractivity contribution in [3.63, 3.8) is 0 Å². The lowest BCUT2D eigenvalue weighted by atomic mass is 9.94. The second-order valence-corrected chi connectivity index (χ2v) is 5.21. The largest absolute Gasteiger partial charge is 0.487 e. The van der Waals surface area contributed by atoms with Gasteiger partial charge in [0.25, 0.3) is 0 Å². The van der Waals surface area contributed by atoms with E-state index in [9.17, 15) is 5.11 Å². The van der Waals surface area contributed by atoms with Gasteiger partial charge in [0, 0.05) is 38.8 Å². The Balaban J connectivity index is 1.98. The number of aliphatic hydroxyl groups is 1. The Morgan fingerprint density at radius 2 is 2.21 bits per heavy atom. The third-order valence-electron chi connectivity index (χ3n) is 3.14. The van der Waals surface area contributed by atoms with Crippen molar-refractivity contribution in [2.75, 3.05) is 25.1 Å². The van der Waals surface area contributed by atoms with Gasteiger partial charge in [-0.3, -0.25) is 0 Å². The molecule has 0 atom stereocenters. The van der Waals surface area contributed by atoms with Crippen molar-refractivity contribution in [2.24, 2.45) is 0 Å². The minimum Gasteiger partial charge on any atom is -0.487 e. The van der Waals surface area contributed by atoms with Crippen LogP contribution in [0.25, 0.3) is 0 Å². The number of aromatic nitrogens is 1. The first kappa shape index (κ1) is 14.1. The number of ether oxygens (including phenoxy) is 2. The zero-order chi connectivity index (χ0) is 13.7. The summed E-state index contributed by atoms with van der Waals surface area (Å²) in [6.07, 6.45) is 3.10. The van der Waals surface area contributed by atoms with Gasteiger partial charge >= 0.3 is 0 Å². The average molecular weight is 266 g/mol. The van der Waals surface area contributed by atoms with E-state index in [1.54, 1.807) is 6.20 Å². The Bertz CT molecular complexity index is 403. The Labute approximate surface area is 114 Å². The minimum absolute atomic E-state index is 0.0934. The molecule has 2 rings (SSSR count). The number of hydrogen-bond acceptors (Lipinski definition) is 5. The molecule has 5 heteroatoms. The molecular formula is C14H22N2O3. The minimum atomic E-state index is -0.717. The Morgan fingerprint density at radius 3 is 2.89 bits per heavy atom. The monoisotopic (exact) mass is 266 g/mol. The first-order valence-electron chi connectivity index (χ1n) is 6.75. The molecular weight excluding hydrogens is 244 g/mol. The molecule has 0 aromatic carbocycles. The van der Waals surface area contributed by atoms with Crippen LogP contribution in [0.4, 0.5) is 5.82 Å². The molecule has 1 aliphatic heterocycles. The number of anilines is 1. The van der Waals surface area contributed by atoms with Gasteiger partial charge in [-0.25, -0.2) is 4.98 Å². The molecule has 2 N–H and O–H groups in total. The zero-order valence-electron chi connectivity index (χ0n) is 11.6. The Hall–Kier alpha value is -1.33. The standard InChI is InChI=1S/C14H22N2O3/c1-11(2)19-12-4-3-7-15-13(12)16-10-14(17)5-8-18-9-6-14/h3-4,7,11,17H,5-6,8-10H2,1-2H3,(H,15,16). The van der Waals surface area contributed by atoms with Gasteiger partial charge < -0.3 is 19.9 Å². The summed E-state index contributed by atoms with van der Waals surface area (Å²) in [5, 5.41) is 13.6. The van der Waals surface area contributed by atoms with Crippen molar-refractivity contribution in [3.8, 4) is 5.75 Å². The lowest BCUT2D eigenvalue weighted by Crippen LogP contribution is -2.42. The van der Waals surface area contributed by atoms with E-state index >= 15 is 0 Å². The Kier molecular flexibility index (Phi) is 4.61. The predicted octanol–water partition coefficient (Wildman–Crippen LogP) is 1.82. The molecule has 0 radical (unpaired) electrons. The predicted molar refractivity (Wildman–Crippen MR) is 73.5 cm³/mol. The maximum absolute atomic E-state index is 10.4. The summed E-state index contributed by atoms with van der Waals surface area (Å²) in [5.74, 6) is 1.39. The molecule has 0 amide bonds. The van der Waals surface area contributed by atoms with Crippen LogP contribution in [0.15, 0.2) is 18.3 Å². The molecule has 1 aromatic rings. The van der Waals surface area contributed by atoms with Gasteiger partial charge in [-0.2, -0.15) is 0 Å². The first-order valence-corrected chi connectivity index (χ1v) is 6.75. The van der Waals surface area contributed by atoms with Gasteiger partial charge in [-0.1, -0.05) is 0 Å². The highest BCUT2D eigenvalue weighted by Gasteiger charge is 2.29. The SMILES string of the molecule is CC(C)Oc1cccnc1NCC1(O)CCOCC1. The maximum atomic E-state index is 10.4. The highest BCUT2D eigenvalue weighted by Crippen LogP contribution is 2.25. The van der Waals surface area contributed by atoms with Crippen molar-refractivity contribution in [2.45, 2.75) is 38.4 Å². The fourth-order valence-corrected chi connectivity index (χ4v) is 2.05. The summed E-state index contributed by atoms with van der Waals surface area (Å²) >= 11 is 0. The third-order valence-corrected chi connectivity index (χ3v) is 3.14. The summed E-state index contributed by atoms with van der Waals surface area (Å²) in [6, 6.07) is 3.72. The van der Waals surface area contributed by atoms with Crippen LogP contribution in [-0.2, 0) is 4.74 Å². The van der Waals surface area contributed by atoms with Crippen LogP contribution in [0.3, 0.4) is 0 Å². The number of hydrogen-bond donors (Lipinski definition) is 2. The van der Waals surface area contributed by atoms with Gasteiger partial charge in [0.15, 0.2) is 11.6 Å². The van der Waals surface area contributed by atoms with E-state index in [-0.39, 0.29) is 6.10 Å². The molecule has 0 bridgehead atoms. The van der Waals surface area contributed by atoms with Crippen LogP contribution in [-0.4, -0.2) is 41.6 Å². The summed E-state index contributed by atoms with van der Waals surface area (Å²) in [4.78, 5) is 4.27. The molecule has 0 spiro atoms. The van der Waals surface area contributed by atoms with E-state index in [4.69, 9.17) is 9.47 Å². The van der Waals surface area contributed by atoms with Gasteiger partial charge in [-0.05, 0) is 26.0 Å². The second kappa shape index (κ2) is 6.21. The smallest absolute Gasteiger partial charge is 0.168 e. The molecule has 0 saturated carbocycles. The molecule has 1 aliphatic rings. The highest BCUT2D eigenvalue weighted by atomic mass is 16.5. The average Bonchev–Trinajstić information content (AvgIpc) is 2.38. The van der Waals surface area contributed by atoms with Crippen LogP contribution in [0, 0.1) is 0 Å². The molecule has 1 fully saturated rings. The Morgan fingerprint density at radius 1 is 1.47 bits per heavy atom. The molecule has 106 valence electrons. The quantitative estimate of drug-likeness (QED) is 0.851. The summed E-state index contributed by atoms with van der Waals surface area (Å²) in [6.45, 7) is 5.62. The normalized spacial score (nSPS) is 18.3. The molecule has 0 unspecified atom stereocenters. The van der Waals surface area contributed by atoms with E-state index in [2.05, 4.69) is 10.3 Å². The lowest BCUT2D eigenvalue weighted by Gasteiger charge is -2.32. The van der Waals surface area contributed by atoms with E-state index in [0.717, 1.165) is 0 Å². The molecule has 0 aliphatic carbocycles. The van der Waals surface area contributed by atoms with E-state index in [1.165, 1.54) is 0 Å². The summed E-state index contributed by atoms with van der Waals surface area (Å²) in [5.41, 5.74) is -0.717. The fourth-order valence-electron chi connectivity index (χ4n) is 2.05. The van der Waals surface area contributed by atoms with Crippen LogP contribution < -0.4 is 10.1 Å². The van der Waals surface area contributed by atoms with Gasteiger partial charge in [0.2, 0.25) is 0 Å². The zero-order valence-corrected chi connectivity index (χ0v) is 11.6. The number of rotatable bonds is 5. The van der Waals surface area contributed by atoms with E-state index in [1.807, 2.05) is 26.0 Å². The van der Waals surface area contributed by atoms with E-state index in [0.29, 0.717) is 44.2 Å². The van der Waals surface area contributed by atoms with Crippen molar-refractivity contribution in [1.29, 1.82) is 0 Å². The molecule has 1 aromatic heterocycles. The van der Waals surface area contributed by atoms with Crippen molar-refractivity contribution in [3.05, 3.63) is 18.3 Å². The number of nitrogens with zero attached hydrogens (tertiary/aromatic N) is 1. The van der Waals surface area contributed by atoms with Crippen LogP contribution in [0.1, 0.15) is 26.7 Å². The molecule has 2 heterocycles. The van der Waals surface area contributed by atoms with Crippen molar-refractivity contribution >= 4 is 5.82 Å². The third kappa shape index (κ3) is 4.08. The fraction of sp³-hybridized carbons (Fsp3) is 0.643. The summed E-state index contributed by atoms with van der Waals surface area (Å²) in [7, 11) is 0. The van der Waals surface area contributed by atoms with Crippen molar-refractivity contribution in [1.82, 2.24) is 4.98 Å². The van der Waals surface area contributed by atoms with E-state index < -0.39 is 5.60 Å². The molecule has 19 heavy (non-hydrogen) atoms. The summed E-state index contributed by atoms with van der Waals surface area (Å²) < 4.78 is 11.0. The number of pyridine rings is 1. The van der Waals surface area contributed by atoms with Gasteiger partial charge in [0.1, 0.15) is 0 Å². The van der Waals surface area contributed by atoms with Crippen molar-refractivity contribution < 1.29 is 14.6 Å². The highest BCUT2D eigenvalue weighted by molar-refractivity contribution is 5.49. The lowest BCUT2D eigenvalue weighted by molar-refractivity contribution is -0.0544. The topological polar surface area (TPSA) is 63.6 Å². The van der Waals surface area contributed by atoms with Crippen LogP contribution in [0.2, 0.25) is 0 Å². The first-order chi connectivity index (χ1) is 9.09. The second-order valence-electron chi connectivity index (χ2n) is 5.21. The molecule has 5 nitrogen and oxygen atoms in total. The van der Waals surface area contributed by atoms with Gasteiger partial charge in [0.05, 0.1) is 11.7 Å². The molecule has 1 saturated heterocycles. The number of nitrogens with one attached hydrogen (secondary N) is 1. The van der Waals surface area contributed by atoms with Crippen LogP contribution >= 0.6 is 0 Å². The van der Waals surface area contributed by atoms with Gasteiger partial charge in [-0.15, -0.1) is 0 Å².